The zero-order valence-electron chi connectivity index (χ0n) is 16.9. The molecule has 0 saturated carbocycles. The van der Waals surface area contributed by atoms with Crippen molar-refractivity contribution >= 4 is 23.1 Å². The first-order valence-electron chi connectivity index (χ1n) is 9.76. The van der Waals surface area contributed by atoms with Gasteiger partial charge in [0.05, 0.1) is 5.16 Å². The van der Waals surface area contributed by atoms with Gasteiger partial charge in [0, 0.05) is 22.3 Å². The van der Waals surface area contributed by atoms with Crippen molar-refractivity contribution in [3.63, 3.8) is 0 Å². The van der Waals surface area contributed by atoms with Crippen LogP contribution in [-0.4, -0.2) is 5.16 Å². The molecule has 0 aliphatic rings. The van der Waals surface area contributed by atoms with Crippen LogP contribution < -0.4 is 0 Å². The molecular weight excluding hydrogens is 389 g/mol. The Morgan fingerprint density at radius 1 is 0.767 bits per heavy atom. The Kier molecular flexibility index (Phi) is 7.31. The Hall–Kier alpha value is -3.49. The number of hydrogen-bond donors (Lipinski definition) is 0. The molecule has 0 bridgehead atoms. The third kappa shape index (κ3) is 5.53. The fraction of sp³-hybridized carbons (Fsp3) is 0.148. The third-order valence-electron chi connectivity index (χ3n) is 4.65. The molecule has 30 heavy (non-hydrogen) atoms. The summed E-state index contributed by atoms with van der Waals surface area (Å²) < 4.78 is 14.0. The van der Waals surface area contributed by atoms with Gasteiger partial charge < -0.3 is 0 Å². The smallest absolute Gasteiger partial charge is 0.150 e. The first-order valence-corrected chi connectivity index (χ1v) is 10.2. The predicted molar refractivity (Wildman–Crippen MR) is 125 cm³/mol. The maximum atomic E-state index is 14.0. The number of isothiocyanates is 1. The minimum absolute atomic E-state index is 0.164. The lowest BCUT2D eigenvalue weighted by atomic mass is 10.0. The van der Waals surface area contributed by atoms with Gasteiger partial charge in [-0.3, -0.25) is 0 Å². The fourth-order valence-corrected chi connectivity index (χ4v) is 3.02. The standard InChI is InChI=1S/C27H20FNS/c1-3-20-5-7-21(8-6-20)9-10-22-11-14-25(24(4-2)17-22)15-12-23-13-16-27(29-19-30)26(28)18-23/h5-8,11,13-14,16-18H,3-4H2,1-2H3. The monoisotopic (exact) mass is 409 g/mol. The van der Waals surface area contributed by atoms with Crippen LogP contribution in [0.3, 0.4) is 0 Å². The maximum Gasteiger partial charge on any atom is 0.150 e. The van der Waals surface area contributed by atoms with Crippen LogP contribution in [-0.2, 0) is 12.8 Å². The number of benzene rings is 3. The highest BCUT2D eigenvalue weighted by molar-refractivity contribution is 7.78. The molecule has 3 aromatic rings. The van der Waals surface area contributed by atoms with Gasteiger partial charge in [-0.2, -0.15) is 4.99 Å². The third-order valence-corrected chi connectivity index (χ3v) is 4.75. The summed E-state index contributed by atoms with van der Waals surface area (Å²) in [6, 6.07) is 18.9. The fourth-order valence-electron chi connectivity index (χ4n) is 2.92. The second-order valence-electron chi connectivity index (χ2n) is 6.65. The summed E-state index contributed by atoms with van der Waals surface area (Å²) in [4.78, 5) is 3.68. The Bertz CT molecular complexity index is 1230. The highest BCUT2D eigenvalue weighted by atomic mass is 32.1. The van der Waals surface area contributed by atoms with Gasteiger partial charge in [0.15, 0.2) is 5.82 Å². The van der Waals surface area contributed by atoms with E-state index in [0.717, 1.165) is 35.1 Å². The van der Waals surface area contributed by atoms with Gasteiger partial charge in [-0.05, 0) is 84.7 Å². The minimum Gasteiger partial charge on any atom is -0.205 e. The van der Waals surface area contributed by atoms with Crippen molar-refractivity contribution in [2.24, 2.45) is 4.99 Å². The van der Waals surface area contributed by atoms with E-state index >= 15 is 0 Å². The molecule has 0 aliphatic heterocycles. The van der Waals surface area contributed by atoms with Gasteiger partial charge in [0.1, 0.15) is 5.69 Å². The van der Waals surface area contributed by atoms with Gasteiger partial charge in [-0.25, -0.2) is 4.39 Å². The summed E-state index contributed by atoms with van der Waals surface area (Å²) in [6.07, 6.45) is 1.86. The molecule has 0 spiro atoms. The number of aliphatic imine (C=N–C) groups is 1. The molecular formula is C27H20FNS. The molecule has 1 nitrogen and oxygen atoms in total. The molecule has 0 aliphatic carbocycles. The molecule has 0 heterocycles. The van der Waals surface area contributed by atoms with Crippen LogP contribution in [0.15, 0.2) is 65.7 Å². The number of thiocarbonyl (C=S) groups is 1. The number of rotatable bonds is 3. The molecule has 0 amide bonds. The van der Waals surface area contributed by atoms with Crippen molar-refractivity contribution in [2.75, 3.05) is 0 Å². The number of nitrogens with zero attached hydrogens (tertiary/aromatic N) is 1. The summed E-state index contributed by atoms with van der Waals surface area (Å²) in [6.45, 7) is 4.22. The average Bonchev–Trinajstić information content (AvgIpc) is 2.78. The summed E-state index contributed by atoms with van der Waals surface area (Å²) >= 11 is 4.52. The van der Waals surface area contributed by atoms with E-state index in [9.17, 15) is 4.39 Å². The van der Waals surface area contributed by atoms with Crippen LogP contribution in [0.4, 0.5) is 10.1 Å². The topological polar surface area (TPSA) is 12.4 Å². The van der Waals surface area contributed by atoms with E-state index in [1.807, 2.05) is 12.1 Å². The van der Waals surface area contributed by atoms with E-state index in [2.05, 4.69) is 90.2 Å². The minimum atomic E-state index is -0.465. The van der Waals surface area contributed by atoms with Crippen molar-refractivity contribution in [3.05, 3.63) is 99.9 Å². The van der Waals surface area contributed by atoms with E-state index in [4.69, 9.17) is 0 Å². The van der Waals surface area contributed by atoms with Crippen LogP contribution in [0.1, 0.15) is 47.2 Å². The Morgan fingerprint density at radius 3 is 2.07 bits per heavy atom. The lowest BCUT2D eigenvalue weighted by Crippen LogP contribution is -1.90. The molecule has 0 radical (unpaired) electrons. The molecule has 0 fully saturated rings. The van der Waals surface area contributed by atoms with Gasteiger partial charge in [0.2, 0.25) is 0 Å². The predicted octanol–water partition coefficient (Wildman–Crippen LogP) is 6.48. The molecule has 0 unspecified atom stereocenters. The second-order valence-corrected chi connectivity index (χ2v) is 6.83. The van der Waals surface area contributed by atoms with Crippen LogP contribution in [0.5, 0.6) is 0 Å². The SMILES string of the molecule is CCc1ccc(C#Cc2ccc(C#Cc3ccc(N=C=S)c(F)c3)c(CC)c2)cc1. The first kappa shape index (κ1) is 21.2. The van der Waals surface area contributed by atoms with E-state index in [0.29, 0.717) is 5.56 Å². The normalized spacial score (nSPS) is 9.57. The van der Waals surface area contributed by atoms with Gasteiger partial charge in [-0.15, -0.1) is 0 Å². The van der Waals surface area contributed by atoms with Crippen LogP contribution in [0.2, 0.25) is 0 Å². The summed E-state index contributed by atoms with van der Waals surface area (Å²) in [5, 5.41) is 2.17. The Morgan fingerprint density at radius 2 is 1.40 bits per heavy atom. The van der Waals surface area contributed by atoms with Crippen molar-refractivity contribution in [2.45, 2.75) is 26.7 Å². The summed E-state index contributed by atoms with van der Waals surface area (Å²) in [5.41, 5.74) is 6.02. The molecule has 0 N–H and O–H groups in total. The van der Waals surface area contributed by atoms with Crippen molar-refractivity contribution in [3.8, 4) is 23.7 Å². The Balaban J connectivity index is 1.83. The Labute approximate surface area is 182 Å². The van der Waals surface area contributed by atoms with Crippen molar-refractivity contribution < 1.29 is 4.39 Å². The van der Waals surface area contributed by atoms with Crippen LogP contribution in [0.25, 0.3) is 0 Å². The van der Waals surface area contributed by atoms with Crippen LogP contribution in [0, 0.1) is 29.5 Å². The molecule has 0 atom stereocenters. The molecule has 3 aromatic carbocycles. The summed E-state index contributed by atoms with van der Waals surface area (Å²) in [5.74, 6) is 12.1. The van der Waals surface area contributed by atoms with E-state index in [-0.39, 0.29) is 5.69 Å². The zero-order valence-corrected chi connectivity index (χ0v) is 17.7. The van der Waals surface area contributed by atoms with E-state index < -0.39 is 5.82 Å². The molecule has 3 rings (SSSR count). The largest absolute Gasteiger partial charge is 0.205 e. The second kappa shape index (κ2) is 10.3. The lowest BCUT2D eigenvalue weighted by Gasteiger charge is -2.02. The average molecular weight is 410 g/mol. The van der Waals surface area contributed by atoms with Crippen molar-refractivity contribution in [1.82, 2.24) is 0 Å². The number of halogens is 1. The quantitative estimate of drug-likeness (QED) is 0.274. The first-order chi connectivity index (χ1) is 14.6. The summed E-state index contributed by atoms with van der Waals surface area (Å²) in [7, 11) is 0. The van der Waals surface area contributed by atoms with Crippen molar-refractivity contribution in [1.29, 1.82) is 0 Å². The lowest BCUT2D eigenvalue weighted by molar-refractivity contribution is 0.629. The number of aryl methyl sites for hydroxylation is 2. The highest BCUT2D eigenvalue weighted by Gasteiger charge is 2.02. The molecule has 3 heteroatoms. The molecule has 0 saturated heterocycles. The highest BCUT2D eigenvalue weighted by Crippen LogP contribution is 2.18. The van der Waals surface area contributed by atoms with E-state index in [1.54, 1.807) is 12.1 Å². The van der Waals surface area contributed by atoms with Gasteiger partial charge in [0.25, 0.3) is 0 Å². The molecule has 146 valence electrons. The van der Waals surface area contributed by atoms with Gasteiger partial charge >= 0.3 is 0 Å². The number of hydrogen-bond acceptors (Lipinski definition) is 2. The van der Waals surface area contributed by atoms with Gasteiger partial charge in [-0.1, -0.05) is 49.7 Å². The van der Waals surface area contributed by atoms with Crippen LogP contribution >= 0.6 is 12.2 Å². The maximum absolute atomic E-state index is 14.0. The molecule has 0 aromatic heterocycles. The van der Waals surface area contributed by atoms with E-state index in [1.165, 1.54) is 11.6 Å². The zero-order chi connectivity index (χ0) is 21.3.